The van der Waals surface area contributed by atoms with Crippen LogP contribution >= 0.6 is 0 Å². The lowest BCUT2D eigenvalue weighted by atomic mass is 10.1. The predicted octanol–water partition coefficient (Wildman–Crippen LogP) is 1.96. The third kappa shape index (κ3) is 2.97. The van der Waals surface area contributed by atoms with Gasteiger partial charge in [0.15, 0.2) is 0 Å². The monoisotopic (exact) mass is 230 g/mol. The van der Waals surface area contributed by atoms with E-state index in [4.69, 9.17) is 10.00 Å². The van der Waals surface area contributed by atoms with Gasteiger partial charge in [-0.15, -0.1) is 0 Å². The van der Waals surface area contributed by atoms with Crippen LogP contribution in [0, 0.1) is 11.3 Å². The molecule has 1 amide bonds. The highest BCUT2D eigenvalue weighted by molar-refractivity contribution is 5.69. The fraction of sp³-hybridized carbons (Fsp3) is 0.385. The van der Waals surface area contributed by atoms with Gasteiger partial charge in [0.05, 0.1) is 19.0 Å². The number of amides is 1. The molecule has 1 aromatic carbocycles. The summed E-state index contributed by atoms with van der Waals surface area (Å²) in [5.41, 5.74) is 1.20. The van der Waals surface area contributed by atoms with E-state index in [0.717, 1.165) is 6.42 Å². The summed E-state index contributed by atoms with van der Waals surface area (Å²) in [6.07, 6.45) is 0.521. The molecule has 1 aliphatic rings. The Kier molecular flexibility index (Phi) is 3.61. The minimum absolute atomic E-state index is 0.261. The van der Waals surface area contributed by atoms with Gasteiger partial charge < -0.3 is 9.64 Å². The summed E-state index contributed by atoms with van der Waals surface area (Å²) < 4.78 is 5.07. The number of carbonyl (C=O) groups is 1. The van der Waals surface area contributed by atoms with Crippen molar-refractivity contribution in [1.82, 2.24) is 4.90 Å². The van der Waals surface area contributed by atoms with Gasteiger partial charge in [0, 0.05) is 6.54 Å². The van der Waals surface area contributed by atoms with Gasteiger partial charge in [-0.05, 0) is 12.0 Å². The van der Waals surface area contributed by atoms with Crippen LogP contribution in [-0.4, -0.2) is 30.2 Å². The fourth-order valence-electron chi connectivity index (χ4n) is 1.87. The normalized spacial score (nSPS) is 18.9. The summed E-state index contributed by atoms with van der Waals surface area (Å²) in [6.45, 7) is 1.17. The molecule has 0 saturated carbocycles. The quantitative estimate of drug-likeness (QED) is 0.794. The largest absolute Gasteiger partial charge is 0.443 e. The van der Waals surface area contributed by atoms with E-state index in [1.54, 1.807) is 4.90 Å². The molecule has 1 unspecified atom stereocenters. The third-order valence-corrected chi connectivity index (χ3v) is 2.78. The van der Waals surface area contributed by atoms with Crippen molar-refractivity contribution in [3.63, 3.8) is 0 Å². The number of carbonyl (C=O) groups excluding carboxylic acids is 1. The first-order valence-electron chi connectivity index (χ1n) is 5.66. The van der Waals surface area contributed by atoms with Crippen molar-refractivity contribution in [3.05, 3.63) is 35.9 Å². The SMILES string of the molecule is N#CCC1CN(CCc2ccccc2)C(=O)O1. The van der Waals surface area contributed by atoms with Crippen LogP contribution in [0.5, 0.6) is 0 Å². The minimum Gasteiger partial charge on any atom is -0.443 e. The van der Waals surface area contributed by atoms with E-state index < -0.39 is 0 Å². The van der Waals surface area contributed by atoms with Gasteiger partial charge in [-0.1, -0.05) is 30.3 Å². The Morgan fingerprint density at radius 2 is 2.18 bits per heavy atom. The van der Waals surface area contributed by atoms with Gasteiger partial charge >= 0.3 is 6.09 Å². The molecule has 0 radical (unpaired) electrons. The van der Waals surface area contributed by atoms with Crippen LogP contribution in [0.4, 0.5) is 4.79 Å². The molecule has 0 aromatic heterocycles. The molecule has 1 saturated heterocycles. The maximum absolute atomic E-state index is 11.5. The zero-order valence-electron chi connectivity index (χ0n) is 9.50. The molecule has 0 N–H and O–H groups in total. The smallest absolute Gasteiger partial charge is 0.410 e. The molecule has 0 spiro atoms. The maximum Gasteiger partial charge on any atom is 0.410 e. The Hall–Kier alpha value is -2.02. The first kappa shape index (κ1) is 11.5. The zero-order valence-corrected chi connectivity index (χ0v) is 9.50. The van der Waals surface area contributed by atoms with Crippen LogP contribution in [0.2, 0.25) is 0 Å². The maximum atomic E-state index is 11.5. The van der Waals surface area contributed by atoms with Crippen molar-refractivity contribution < 1.29 is 9.53 Å². The van der Waals surface area contributed by atoms with Crippen LogP contribution in [0.25, 0.3) is 0 Å². The summed E-state index contributed by atoms with van der Waals surface area (Å²) in [7, 11) is 0. The predicted molar refractivity (Wildman–Crippen MR) is 62.2 cm³/mol. The van der Waals surface area contributed by atoms with Gasteiger partial charge in [0.1, 0.15) is 6.10 Å². The van der Waals surface area contributed by atoms with Crippen molar-refractivity contribution in [3.8, 4) is 6.07 Å². The van der Waals surface area contributed by atoms with Crippen molar-refractivity contribution in [2.75, 3.05) is 13.1 Å². The Bertz CT molecular complexity index is 425. The molecule has 4 heteroatoms. The van der Waals surface area contributed by atoms with Gasteiger partial charge in [-0.2, -0.15) is 5.26 Å². The number of benzene rings is 1. The topological polar surface area (TPSA) is 53.3 Å². The highest BCUT2D eigenvalue weighted by Gasteiger charge is 2.30. The Morgan fingerprint density at radius 3 is 2.88 bits per heavy atom. The molecular formula is C13H14N2O2. The van der Waals surface area contributed by atoms with Gasteiger partial charge in [0.2, 0.25) is 0 Å². The molecule has 1 aromatic rings. The number of hydrogen-bond donors (Lipinski definition) is 0. The van der Waals surface area contributed by atoms with E-state index in [9.17, 15) is 4.79 Å². The van der Waals surface area contributed by atoms with E-state index in [1.165, 1.54) is 5.56 Å². The first-order valence-corrected chi connectivity index (χ1v) is 5.66. The second kappa shape index (κ2) is 5.35. The second-order valence-corrected chi connectivity index (χ2v) is 4.05. The molecular weight excluding hydrogens is 216 g/mol. The number of hydrogen-bond acceptors (Lipinski definition) is 3. The van der Waals surface area contributed by atoms with Gasteiger partial charge in [0.25, 0.3) is 0 Å². The number of nitrogens with zero attached hydrogens (tertiary/aromatic N) is 2. The number of rotatable bonds is 4. The number of nitriles is 1. The highest BCUT2D eigenvalue weighted by Crippen LogP contribution is 2.14. The summed E-state index contributed by atoms with van der Waals surface area (Å²) in [5, 5.41) is 8.55. The second-order valence-electron chi connectivity index (χ2n) is 4.05. The Labute approximate surface area is 100 Å². The fourth-order valence-corrected chi connectivity index (χ4v) is 1.87. The van der Waals surface area contributed by atoms with E-state index in [0.29, 0.717) is 13.1 Å². The molecule has 1 heterocycles. The Balaban J connectivity index is 1.84. The average Bonchev–Trinajstić information content (AvgIpc) is 2.69. The molecule has 1 aliphatic heterocycles. The molecule has 17 heavy (non-hydrogen) atoms. The third-order valence-electron chi connectivity index (χ3n) is 2.78. The lowest BCUT2D eigenvalue weighted by molar-refractivity contribution is 0.134. The van der Waals surface area contributed by atoms with Crippen LogP contribution in [-0.2, 0) is 11.2 Å². The lowest BCUT2D eigenvalue weighted by Gasteiger charge is -2.12. The van der Waals surface area contributed by atoms with Crippen molar-refractivity contribution in [2.45, 2.75) is 18.9 Å². The van der Waals surface area contributed by atoms with E-state index >= 15 is 0 Å². The number of ether oxygens (including phenoxy) is 1. The summed E-state index contributed by atoms with van der Waals surface area (Å²) in [6, 6.07) is 12.0. The molecule has 0 aliphatic carbocycles. The van der Waals surface area contributed by atoms with Crippen LogP contribution in [0.1, 0.15) is 12.0 Å². The van der Waals surface area contributed by atoms with E-state index in [2.05, 4.69) is 0 Å². The van der Waals surface area contributed by atoms with E-state index in [1.807, 2.05) is 36.4 Å². The lowest BCUT2D eigenvalue weighted by Crippen LogP contribution is -2.27. The standard InChI is InChI=1S/C13H14N2O2/c14-8-6-12-10-15(13(16)17-12)9-7-11-4-2-1-3-5-11/h1-5,12H,6-7,9-10H2. The molecule has 4 nitrogen and oxygen atoms in total. The summed E-state index contributed by atoms with van der Waals surface area (Å²) in [5.74, 6) is 0. The van der Waals surface area contributed by atoms with Crippen molar-refractivity contribution in [2.24, 2.45) is 0 Å². The molecule has 88 valence electrons. The summed E-state index contributed by atoms with van der Waals surface area (Å²) in [4.78, 5) is 13.1. The molecule has 1 fully saturated rings. The van der Waals surface area contributed by atoms with Crippen LogP contribution < -0.4 is 0 Å². The minimum atomic E-state index is -0.304. The number of cyclic esters (lactones) is 1. The van der Waals surface area contributed by atoms with Gasteiger partial charge in [-0.25, -0.2) is 4.79 Å². The molecule has 1 atom stereocenters. The highest BCUT2D eigenvalue weighted by atomic mass is 16.6. The van der Waals surface area contributed by atoms with Crippen LogP contribution in [0.15, 0.2) is 30.3 Å². The molecule has 0 bridgehead atoms. The zero-order chi connectivity index (χ0) is 12.1. The van der Waals surface area contributed by atoms with E-state index in [-0.39, 0.29) is 18.6 Å². The van der Waals surface area contributed by atoms with Gasteiger partial charge in [-0.3, -0.25) is 0 Å². The summed E-state index contributed by atoms with van der Waals surface area (Å²) >= 11 is 0. The Morgan fingerprint density at radius 1 is 1.41 bits per heavy atom. The molecule has 2 rings (SSSR count). The van der Waals surface area contributed by atoms with Crippen molar-refractivity contribution >= 4 is 6.09 Å². The van der Waals surface area contributed by atoms with Crippen LogP contribution in [0.3, 0.4) is 0 Å². The first-order chi connectivity index (χ1) is 8.29. The van der Waals surface area contributed by atoms with Crippen molar-refractivity contribution in [1.29, 1.82) is 5.26 Å². The average molecular weight is 230 g/mol.